The second kappa shape index (κ2) is 14.0. The Bertz CT molecular complexity index is 3520. The van der Waals surface area contributed by atoms with Crippen molar-refractivity contribution in [1.82, 2.24) is 9.88 Å². The first-order chi connectivity index (χ1) is 29.7. The number of rotatable bonds is 6. The van der Waals surface area contributed by atoms with Crippen molar-refractivity contribution < 1.29 is 0 Å². The molecule has 1 N–H and O–H groups in total. The molecule has 12 rings (SSSR count). The van der Waals surface area contributed by atoms with Crippen LogP contribution in [0.2, 0.25) is 0 Å². The van der Waals surface area contributed by atoms with Gasteiger partial charge in [-0.15, -0.1) is 11.3 Å². The van der Waals surface area contributed by atoms with Gasteiger partial charge in [-0.25, -0.2) is 9.98 Å². The molecule has 60 heavy (non-hydrogen) atoms. The Labute approximate surface area is 351 Å². The molecule has 0 radical (unpaired) electrons. The van der Waals surface area contributed by atoms with Crippen LogP contribution >= 0.6 is 11.3 Å². The molecule has 0 fully saturated rings. The highest BCUT2D eigenvalue weighted by atomic mass is 32.1. The van der Waals surface area contributed by atoms with Crippen molar-refractivity contribution in [2.45, 2.75) is 6.17 Å². The zero-order valence-corrected chi connectivity index (χ0v) is 33.3. The van der Waals surface area contributed by atoms with Crippen molar-refractivity contribution in [1.29, 1.82) is 0 Å². The normalized spacial score (nSPS) is 14.2. The molecule has 9 aromatic carbocycles. The van der Waals surface area contributed by atoms with Crippen LogP contribution in [-0.2, 0) is 0 Å². The first kappa shape index (κ1) is 34.4. The van der Waals surface area contributed by atoms with Crippen LogP contribution < -0.4 is 5.32 Å². The third-order valence-electron chi connectivity index (χ3n) is 11.8. The van der Waals surface area contributed by atoms with Gasteiger partial charge in [0.05, 0.1) is 11.0 Å². The fourth-order valence-electron chi connectivity index (χ4n) is 8.98. The summed E-state index contributed by atoms with van der Waals surface area (Å²) in [4.78, 5) is 10.8. The number of aromatic nitrogens is 1. The topological polar surface area (TPSA) is 41.7 Å². The molecular formula is C55H36N4S. The van der Waals surface area contributed by atoms with Crippen LogP contribution in [0.5, 0.6) is 0 Å². The average Bonchev–Trinajstić information content (AvgIpc) is 3.86. The predicted molar refractivity (Wildman–Crippen MR) is 254 cm³/mol. The number of amidine groups is 2. The van der Waals surface area contributed by atoms with Crippen LogP contribution in [0.3, 0.4) is 0 Å². The van der Waals surface area contributed by atoms with Crippen LogP contribution in [0.1, 0.15) is 22.9 Å². The minimum Gasteiger partial charge on any atom is -0.344 e. The van der Waals surface area contributed by atoms with E-state index in [-0.39, 0.29) is 6.17 Å². The number of hydrogen-bond acceptors (Lipinski definition) is 4. The summed E-state index contributed by atoms with van der Waals surface area (Å²) in [5.74, 6) is 1.48. The van der Waals surface area contributed by atoms with E-state index in [1.165, 1.54) is 52.8 Å². The Morgan fingerprint density at radius 2 is 1.13 bits per heavy atom. The maximum absolute atomic E-state index is 5.43. The van der Waals surface area contributed by atoms with Gasteiger partial charge >= 0.3 is 0 Å². The van der Waals surface area contributed by atoms with Crippen LogP contribution in [0, 0.1) is 0 Å². The number of thiophene rings is 1. The van der Waals surface area contributed by atoms with Gasteiger partial charge in [0.1, 0.15) is 12.0 Å². The number of para-hydroxylation sites is 1. The van der Waals surface area contributed by atoms with E-state index in [1.54, 1.807) is 0 Å². The Morgan fingerprint density at radius 1 is 0.450 bits per heavy atom. The Morgan fingerprint density at radius 3 is 2.00 bits per heavy atom. The quantitative estimate of drug-likeness (QED) is 0.179. The maximum Gasteiger partial charge on any atom is 0.160 e. The minimum atomic E-state index is -0.340. The molecule has 1 atom stereocenters. The molecule has 282 valence electrons. The standard InChI is InChI=1S/C55H36N4S/c1-3-15-35(16-4-1)37-21-13-22-40(31-37)54-56-53(36-17-5-2-6-18-36)57-55(58-54)46-30-29-41(34-47(46)45-26-14-25-44-43-24-10-12-28-51(43)60-52(44)45)59-49-27-11-9-23-42(49)48-32-38-19-7-8-20-39(38)33-50(48)59/h1-34,53H,(H,56,57,58). The maximum atomic E-state index is 5.43. The second-order valence-corrected chi connectivity index (χ2v) is 16.4. The lowest BCUT2D eigenvalue weighted by molar-refractivity contribution is 0.674. The average molecular weight is 785 g/mol. The molecule has 2 aromatic heterocycles. The number of nitrogens with zero attached hydrogens (tertiary/aromatic N) is 3. The van der Waals surface area contributed by atoms with Crippen LogP contribution in [0.4, 0.5) is 0 Å². The first-order valence-corrected chi connectivity index (χ1v) is 21.2. The minimum absolute atomic E-state index is 0.340. The van der Waals surface area contributed by atoms with Crippen molar-refractivity contribution >= 4 is 75.8 Å². The summed E-state index contributed by atoms with van der Waals surface area (Å²) in [5, 5.41) is 11.2. The molecule has 11 aromatic rings. The van der Waals surface area contributed by atoms with Crippen molar-refractivity contribution in [3.05, 3.63) is 223 Å². The predicted octanol–water partition coefficient (Wildman–Crippen LogP) is 14.1. The Kier molecular flexibility index (Phi) is 8.06. The molecule has 4 nitrogen and oxygen atoms in total. The highest BCUT2D eigenvalue weighted by Crippen LogP contribution is 2.43. The third kappa shape index (κ3) is 5.74. The van der Waals surface area contributed by atoms with Gasteiger partial charge in [-0.1, -0.05) is 158 Å². The van der Waals surface area contributed by atoms with Gasteiger partial charge in [-0.3, -0.25) is 0 Å². The summed E-state index contributed by atoms with van der Waals surface area (Å²) >= 11 is 1.85. The molecule has 0 amide bonds. The molecule has 5 heteroatoms. The van der Waals surface area contributed by atoms with E-state index in [2.05, 4.69) is 216 Å². The second-order valence-electron chi connectivity index (χ2n) is 15.4. The van der Waals surface area contributed by atoms with Crippen LogP contribution in [0.15, 0.2) is 216 Å². The molecule has 0 spiro atoms. The SMILES string of the molecule is c1ccc(-c2cccc(C3=NC(c4ccc(-n5c6ccccc6c6cc7ccccc7cc65)cc4-c4cccc5c4sc4ccccc45)=NC(c4ccccc4)N3)c2)cc1. The number of fused-ring (bicyclic) bond motifs is 7. The molecule has 1 aliphatic heterocycles. The van der Waals surface area contributed by atoms with E-state index in [4.69, 9.17) is 9.98 Å². The highest BCUT2D eigenvalue weighted by molar-refractivity contribution is 7.26. The largest absolute Gasteiger partial charge is 0.344 e. The zero-order chi connectivity index (χ0) is 39.6. The molecule has 3 heterocycles. The number of hydrogen-bond donors (Lipinski definition) is 1. The van der Waals surface area contributed by atoms with Gasteiger partial charge in [0.2, 0.25) is 0 Å². The zero-order valence-electron chi connectivity index (χ0n) is 32.5. The number of aliphatic imine (C=N–C) groups is 2. The van der Waals surface area contributed by atoms with E-state index in [1.807, 2.05) is 11.3 Å². The summed E-state index contributed by atoms with van der Waals surface area (Å²) in [6.07, 6.45) is -0.340. The molecule has 0 saturated heterocycles. The van der Waals surface area contributed by atoms with E-state index in [0.29, 0.717) is 5.84 Å². The van der Waals surface area contributed by atoms with Crippen molar-refractivity contribution in [3.8, 4) is 27.9 Å². The van der Waals surface area contributed by atoms with Gasteiger partial charge in [-0.05, 0) is 81.6 Å². The molecule has 0 aliphatic carbocycles. The number of benzene rings is 9. The Hall–Kier alpha value is -7.60. The summed E-state index contributed by atoms with van der Waals surface area (Å²) in [6.45, 7) is 0. The van der Waals surface area contributed by atoms with Crippen LogP contribution in [0.25, 0.3) is 80.7 Å². The van der Waals surface area contributed by atoms with Gasteiger partial charge in [-0.2, -0.15) is 0 Å². The summed E-state index contributed by atoms with van der Waals surface area (Å²) in [6, 6.07) is 74.0. The number of nitrogens with one attached hydrogen (secondary N) is 1. The highest BCUT2D eigenvalue weighted by Gasteiger charge is 2.25. The molecule has 1 aliphatic rings. The van der Waals surface area contributed by atoms with E-state index in [0.717, 1.165) is 50.5 Å². The van der Waals surface area contributed by atoms with Gasteiger partial charge in [0.15, 0.2) is 5.84 Å². The summed E-state index contributed by atoms with van der Waals surface area (Å²) < 4.78 is 4.95. The molecule has 0 saturated carbocycles. The van der Waals surface area contributed by atoms with E-state index >= 15 is 0 Å². The van der Waals surface area contributed by atoms with Gasteiger partial charge < -0.3 is 9.88 Å². The molecular weight excluding hydrogens is 749 g/mol. The first-order valence-electron chi connectivity index (χ1n) is 20.3. The lowest BCUT2D eigenvalue weighted by atomic mass is 9.96. The third-order valence-corrected chi connectivity index (χ3v) is 13.1. The summed E-state index contributed by atoms with van der Waals surface area (Å²) in [5.41, 5.74) is 11.0. The van der Waals surface area contributed by atoms with Crippen molar-refractivity contribution in [2.75, 3.05) is 0 Å². The lowest BCUT2D eigenvalue weighted by Gasteiger charge is -2.25. The van der Waals surface area contributed by atoms with E-state index < -0.39 is 0 Å². The van der Waals surface area contributed by atoms with Crippen molar-refractivity contribution in [3.63, 3.8) is 0 Å². The smallest absolute Gasteiger partial charge is 0.160 e. The lowest BCUT2D eigenvalue weighted by Crippen LogP contribution is -2.33. The van der Waals surface area contributed by atoms with Crippen molar-refractivity contribution in [2.24, 2.45) is 9.98 Å². The van der Waals surface area contributed by atoms with Gasteiger partial charge in [0.25, 0.3) is 0 Å². The Balaban J connectivity index is 1.12. The molecule has 0 bridgehead atoms. The monoisotopic (exact) mass is 784 g/mol. The van der Waals surface area contributed by atoms with E-state index in [9.17, 15) is 0 Å². The van der Waals surface area contributed by atoms with Crippen LogP contribution in [-0.4, -0.2) is 16.2 Å². The fourth-order valence-corrected chi connectivity index (χ4v) is 10.2. The molecule has 1 unspecified atom stereocenters. The van der Waals surface area contributed by atoms with Gasteiger partial charge in [0, 0.05) is 53.3 Å². The summed E-state index contributed by atoms with van der Waals surface area (Å²) in [7, 11) is 0. The fraction of sp³-hybridized carbons (Fsp3) is 0.0182.